The van der Waals surface area contributed by atoms with Gasteiger partial charge in [-0.2, -0.15) is 0 Å². The number of hydrogen-bond donors (Lipinski definition) is 1. The van der Waals surface area contributed by atoms with Crippen molar-refractivity contribution in [2.75, 3.05) is 20.6 Å². The van der Waals surface area contributed by atoms with E-state index in [-0.39, 0.29) is 0 Å². The third-order valence-corrected chi connectivity index (χ3v) is 1.78. The van der Waals surface area contributed by atoms with E-state index in [2.05, 4.69) is 14.9 Å². The van der Waals surface area contributed by atoms with E-state index in [1.165, 1.54) is 0 Å². The molecule has 13 heavy (non-hydrogen) atoms. The SMILES string of the molecule is CN(C)CCc1ncc(CN)cn1. The lowest BCUT2D eigenvalue weighted by Gasteiger charge is -2.07. The van der Waals surface area contributed by atoms with Crippen LogP contribution in [0, 0.1) is 0 Å². The maximum absolute atomic E-state index is 5.43. The number of hydrogen-bond acceptors (Lipinski definition) is 4. The van der Waals surface area contributed by atoms with Crippen molar-refractivity contribution >= 4 is 0 Å². The van der Waals surface area contributed by atoms with Crippen molar-refractivity contribution in [1.29, 1.82) is 0 Å². The van der Waals surface area contributed by atoms with Gasteiger partial charge in [0.2, 0.25) is 0 Å². The highest BCUT2D eigenvalue weighted by Gasteiger charge is 1.97. The van der Waals surface area contributed by atoms with Gasteiger partial charge >= 0.3 is 0 Å². The van der Waals surface area contributed by atoms with Crippen molar-refractivity contribution in [3.63, 3.8) is 0 Å². The van der Waals surface area contributed by atoms with E-state index >= 15 is 0 Å². The van der Waals surface area contributed by atoms with E-state index in [4.69, 9.17) is 5.73 Å². The molecule has 0 radical (unpaired) electrons. The third-order valence-electron chi connectivity index (χ3n) is 1.78. The smallest absolute Gasteiger partial charge is 0.129 e. The maximum Gasteiger partial charge on any atom is 0.129 e. The summed E-state index contributed by atoms with van der Waals surface area (Å²) in [5.41, 5.74) is 6.41. The molecule has 0 aliphatic carbocycles. The minimum atomic E-state index is 0.508. The van der Waals surface area contributed by atoms with Gasteiger partial charge in [0.05, 0.1) is 0 Å². The largest absolute Gasteiger partial charge is 0.326 e. The van der Waals surface area contributed by atoms with Crippen LogP contribution >= 0.6 is 0 Å². The monoisotopic (exact) mass is 180 g/mol. The van der Waals surface area contributed by atoms with Crippen molar-refractivity contribution in [1.82, 2.24) is 14.9 Å². The molecule has 0 saturated carbocycles. The van der Waals surface area contributed by atoms with E-state index in [1.807, 2.05) is 14.1 Å². The Morgan fingerprint density at radius 3 is 2.38 bits per heavy atom. The predicted molar refractivity (Wildman–Crippen MR) is 52.2 cm³/mol. The van der Waals surface area contributed by atoms with Crippen LogP contribution in [0.2, 0.25) is 0 Å². The Morgan fingerprint density at radius 1 is 1.31 bits per heavy atom. The van der Waals surface area contributed by atoms with Gasteiger partial charge in [0.25, 0.3) is 0 Å². The van der Waals surface area contributed by atoms with E-state index in [0.717, 1.165) is 24.4 Å². The first-order valence-electron chi connectivity index (χ1n) is 4.37. The molecule has 4 nitrogen and oxygen atoms in total. The molecule has 0 spiro atoms. The molecule has 2 N–H and O–H groups in total. The fourth-order valence-corrected chi connectivity index (χ4v) is 0.940. The summed E-state index contributed by atoms with van der Waals surface area (Å²) in [6, 6.07) is 0. The first-order chi connectivity index (χ1) is 6.22. The van der Waals surface area contributed by atoms with E-state index < -0.39 is 0 Å². The first kappa shape index (κ1) is 10.1. The van der Waals surface area contributed by atoms with Crippen LogP contribution in [0.1, 0.15) is 11.4 Å². The average molecular weight is 180 g/mol. The predicted octanol–water partition coefficient (Wildman–Crippen LogP) is 0.0394. The van der Waals surface area contributed by atoms with Crippen molar-refractivity contribution in [2.24, 2.45) is 5.73 Å². The highest BCUT2D eigenvalue weighted by molar-refractivity contribution is 5.04. The summed E-state index contributed by atoms with van der Waals surface area (Å²) in [7, 11) is 4.07. The highest BCUT2D eigenvalue weighted by Crippen LogP contribution is 1.95. The van der Waals surface area contributed by atoms with Gasteiger partial charge in [-0.3, -0.25) is 0 Å². The molecule has 0 aliphatic heterocycles. The van der Waals surface area contributed by atoms with Crippen LogP contribution in [0.25, 0.3) is 0 Å². The van der Waals surface area contributed by atoms with E-state index in [9.17, 15) is 0 Å². The molecule has 1 aromatic rings. The van der Waals surface area contributed by atoms with Gasteiger partial charge in [-0.05, 0) is 14.1 Å². The molecule has 0 fully saturated rings. The molecule has 0 aliphatic rings. The zero-order valence-corrected chi connectivity index (χ0v) is 8.20. The molecule has 1 aromatic heterocycles. The van der Waals surface area contributed by atoms with Gasteiger partial charge < -0.3 is 10.6 Å². The molecule has 0 saturated heterocycles. The summed E-state index contributed by atoms with van der Waals surface area (Å²) >= 11 is 0. The standard InChI is InChI=1S/C9H16N4/c1-13(2)4-3-9-11-6-8(5-10)7-12-9/h6-7H,3-5,10H2,1-2H3. The molecule has 0 amide bonds. The average Bonchev–Trinajstić information content (AvgIpc) is 2.15. The fraction of sp³-hybridized carbons (Fsp3) is 0.556. The van der Waals surface area contributed by atoms with Gasteiger partial charge in [0.15, 0.2) is 0 Å². The molecule has 1 heterocycles. The summed E-state index contributed by atoms with van der Waals surface area (Å²) in [4.78, 5) is 10.5. The Labute approximate surface area is 78.8 Å². The lowest BCUT2D eigenvalue weighted by molar-refractivity contribution is 0.409. The Kier molecular flexibility index (Phi) is 3.79. The van der Waals surface area contributed by atoms with Crippen LogP contribution in [-0.4, -0.2) is 35.5 Å². The number of rotatable bonds is 4. The van der Waals surface area contributed by atoms with Crippen molar-refractivity contribution in [3.8, 4) is 0 Å². The van der Waals surface area contributed by atoms with Gasteiger partial charge in [0, 0.05) is 37.5 Å². The van der Waals surface area contributed by atoms with Crippen LogP contribution in [0.3, 0.4) is 0 Å². The molecule has 0 aromatic carbocycles. The second-order valence-electron chi connectivity index (χ2n) is 3.26. The van der Waals surface area contributed by atoms with Gasteiger partial charge in [-0.25, -0.2) is 9.97 Å². The molecule has 72 valence electrons. The van der Waals surface area contributed by atoms with Crippen molar-refractivity contribution in [2.45, 2.75) is 13.0 Å². The van der Waals surface area contributed by atoms with E-state index in [0.29, 0.717) is 6.54 Å². The lowest BCUT2D eigenvalue weighted by Crippen LogP contribution is -2.16. The Bertz CT molecular complexity index is 242. The summed E-state index contributed by atoms with van der Waals surface area (Å²) in [6.07, 6.45) is 4.47. The second-order valence-corrected chi connectivity index (χ2v) is 3.26. The molecule has 4 heteroatoms. The quantitative estimate of drug-likeness (QED) is 0.710. The minimum absolute atomic E-state index is 0.508. The highest BCUT2D eigenvalue weighted by atomic mass is 15.1. The van der Waals surface area contributed by atoms with Crippen LogP contribution < -0.4 is 5.73 Å². The Balaban J connectivity index is 2.49. The second kappa shape index (κ2) is 4.89. The molecular weight excluding hydrogens is 164 g/mol. The number of nitrogens with zero attached hydrogens (tertiary/aromatic N) is 3. The normalized spacial score (nSPS) is 10.8. The molecule has 0 unspecified atom stereocenters. The number of aromatic nitrogens is 2. The van der Waals surface area contributed by atoms with Gasteiger partial charge in [0.1, 0.15) is 5.82 Å². The third kappa shape index (κ3) is 3.48. The van der Waals surface area contributed by atoms with Gasteiger partial charge in [-0.1, -0.05) is 0 Å². The fourth-order valence-electron chi connectivity index (χ4n) is 0.940. The molecular formula is C9H16N4. The summed E-state index contributed by atoms with van der Waals surface area (Å²) in [5, 5.41) is 0. The van der Waals surface area contributed by atoms with Crippen molar-refractivity contribution < 1.29 is 0 Å². The molecule has 1 rings (SSSR count). The number of nitrogens with two attached hydrogens (primary N) is 1. The topological polar surface area (TPSA) is 55.0 Å². The van der Waals surface area contributed by atoms with Crippen LogP contribution in [0.5, 0.6) is 0 Å². The van der Waals surface area contributed by atoms with Crippen molar-refractivity contribution in [3.05, 3.63) is 23.8 Å². The Morgan fingerprint density at radius 2 is 1.92 bits per heavy atom. The zero-order valence-electron chi connectivity index (χ0n) is 8.20. The van der Waals surface area contributed by atoms with Crippen LogP contribution in [0.15, 0.2) is 12.4 Å². The maximum atomic E-state index is 5.43. The zero-order chi connectivity index (χ0) is 9.68. The molecule has 0 atom stereocenters. The minimum Gasteiger partial charge on any atom is -0.326 e. The summed E-state index contributed by atoms with van der Waals surface area (Å²) in [6.45, 7) is 1.48. The first-order valence-corrected chi connectivity index (χ1v) is 4.37. The van der Waals surface area contributed by atoms with Gasteiger partial charge in [-0.15, -0.1) is 0 Å². The summed E-state index contributed by atoms with van der Waals surface area (Å²) in [5.74, 6) is 0.880. The number of likely N-dealkylation sites (N-methyl/N-ethyl adjacent to an activating group) is 1. The van der Waals surface area contributed by atoms with Crippen LogP contribution in [-0.2, 0) is 13.0 Å². The van der Waals surface area contributed by atoms with Crippen LogP contribution in [0.4, 0.5) is 0 Å². The van der Waals surface area contributed by atoms with E-state index in [1.54, 1.807) is 12.4 Å². The lowest BCUT2D eigenvalue weighted by atomic mass is 10.3. The Hall–Kier alpha value is -1.00. The molecule has 0 bridgehead atoms. The summed E-state index contributed by atoms with van der Waals surface area (Å²) < 4.78 is 0.